The van der Waals surface area contributed by atoms with E-state index in [1.807, 2.05) is 18.7 Å². The zero-order valence-corrected chi connectivity index (χ0v) is 12.7. The van der Waals surface area contributed by atoms with Gasteiger partial charge in [0.15, 0.2) is 0 Å². The summed E-state index contributed by atoms with van der Waals surface area (Å²) in [7, 11) is 0. The summed E-state index contributed by atoms with van der Waals surface area (Å²) in [6.45, 7) is 6.90. The Morgan fingerprint density at radius 1 is 1.40 bits per heavy atom. The molecule has 0 radical (unpaired) electrons. The standard InChI is InChI=1S/C15H27N3O2/c1-12(2)18(10-13-6-3-4-8-16-13)15(20)11-17-9-5-7-14(17)19/h12-13,16H,3-11H2,1-2H3. The highest BCUT2D eigenvalue weighted by molar-refractivity contribution is 5.86. The first-order chi connectivity index (χ1) is 9.58. The third kappa shape index (κ3) is 3.95. The lowest BCUT2D eigenvalue weighted by Gasteiger charge is -2.34. The summed E-state index contributed by atoms with van der Waals surface area (Å²) in [5.74, 6) is 0.209. The fraction of sp³-hybridized carbons (Fsp3) is 0.867. The third-order valence-electron chi connectivity index (χ3n) is 4.27. The molecule has 0 spiro atoms. The topological polar surface area (TPSA) is 52.7 Å². The van der Waals surface area contributed by atoms with Crippen LogP contribution >= 0.6 is 0 Å². The molecule has 5 nitrogen and oxygen atoms in total. The van der Waals surface area contributed by atoms with Crippen LogP contribution in [-0.2, 0) is 9.59 Å². The third-order valence-corrected chi connectivity index (χ3v) is 4.27. The molecule has 1 unspecified atom stereocenters. The first kappa shape index (κ1) is 15.3. The maximum Gasteiger partial charge on any atom is 0.242 e. The van der Waals surface area contributed by atoms with Gasteiger partial charge < -0.3 is 15.1 Å². The van der Waals surface area contributed by atoms with E-state index < -0.39 is 0 Å². The zero-order chi connectivity index (χ0) is 14.5. The minimum atomic E-state index is 0.0858. The molecule has 0 aromatic heterocycles. The normalized spacial score (nSPS) is 23.4. The summed E-state index contributed by atoms with van der Waals surface area (Å²) in [4.78, 5) is 27.7. The highest BCUT2D eigenvalue weighted by atomic mass is 16.2. The Balaban J connectivity index is 1.89. The van der Waals surface area contributed by atoms with Gasteiger partial charge in [-0.05, 0) is 39.7 Å². The smallest absolute Gasteiger partial charge is 0.242 e. The van der Waals surface area contributed by atoms with E-state index in [0.717, 1.165) is 32.5 Å². The fourth-order valence-corrected chi connectivity index (χ4v) is 3.04. The number of carbonyl (C=O) groups is 2. The number of piperidine rings is 1. The Bertz CT molecular complexity index is 351. The van der Waals surface area contributed by atoms with Crippen molar-refractivity contribution in [3.05, 3.63) is 0 Å². The summed E-state index contributed by atoms with van der Waals surface area (Å²) < 4.78 is 0. The van der Waals surface area contributed by atoms with Gasteiger partial charge in [-0.1, -0.05) is 6.42 Å². The number of nitrogens with zero attached hydrogens (tertiary/aromatic N) is 2. The largest absolute Gasteiger partial charge is 0.337 e. The van der Waals surface area contributed by atoms with Gasteiger partial charge >= 0.3 is 0 Å². The van der Waals surface area contributed by atoms with Crippen LogP contribution in [0.25, 0.3) is 0 Å². The van der Waals surface area contributed by atoms with Crippen LogP contribution in [-0.4, -0.2) is 59.9 Å². The Labute approximate surface area is 121 Å². The second-order valence-electron chi connectivity index (χ2n) is 6.21. The van der Waals surface area contributed by atoms with Gasteiger partial charge in [-0.15, -0.1) is 0 Å². The SMILES string of the molecule is CC(C)N(CC1CCCCN1)C(=O)CN1CCCC1=O. The van der Waals surface area contributed by atoms with Gasteiger partial charge in [0.1, 0.15) is 0 Å². The van der Waals surface area contributed by atoms with Gasteiger partial charge in [0.2, 0.25) is 11.8 Å². The predicted octanol–water partition coefficient (Wildman–Crippen LogP) is 0.988. The summed E-state index contributed by atoms with van der Waals surface area (Å²) in [5.41, 5.74) is 0. The number of likely N-dealkylation sites (tertiary alicyclic amines) is 1. The van der Waals surface area contributed by atoms with Gasteiger partial charge in [0.25, 0.3) is 0 Å². The molecule has 2 amide bonds. The summed E-state index contributed by atoms with van der Waals surface area (Å²) in [6, 6.07) is 0.591. The fourth-order valence-electron chi connectivity index (χ4n) is 3.04. The molecule has 0 bridgehead atoms. The van der Waals surface area contributed by atoms with Crippen LogP contribution in [0, 0.1) is 0 Å². The van der Waals surface area contributed by atoms with E-state index in [2.05, 4.69) is 5.32 Å². The average molecular weight is 281 g/mol. The monoisotopic (exact) mass is 281 g/mol. The number of nitrogens with one attached hydrogen (secondary N) is 1. The molecule has 2 fully saturated rings. The number of hydrogen-bond donors (Lipinski definition) is 1. The highest BCUT2D eigenvalue weighted by Crippen LogP contribution is 2.13. The lowest BCUT2D eigenvalue weighted by Crippen LogP contribution is -2.51. The Kier molecular flexibility index (Phi) is 5.40. The van der Waals surface area contributed by atoms with Crippen molar-refractivity contribution in [2.45, 2.75) is 58.0 Å². The van der Waals surface area contributed by atoms with E-state index in [-0.39, 0.29) is 24.4 Å². The molecule has 5 heteroatoms. The molecule has 0 saturated carbocycles. The van der Waals surface area contributed by atoms with Crippen LogP contribution in [0.2, 0.25) is 0 Å². The Hall–Kier alpha value is -1.10. The summed E-state index contributed by atoms with van der Waals surface area (Å²) >= 11 is 0. The molecule has 0 aromatic rings. The zero-order valence-electron chi connectivity index (χ0n) is 12.7. The molecule has 114 valence electrons. The molecule has 1 atom stereocenters. The van der Waals surface area contributed by atoms with Crippen molar-refractivity contribution in [2.75, 3.05) is 26.2 Å². The van der Waals surface area contributed by atoms with Crippen molar-refractivity contribution in [3.8, 4) is 0 Å². The first-order valence-corrected chi connectivity index (χ1v) is 7.88. The molecular weight excluding hydrogens is 254 g/mol. The predicted molar refractivity (Wildman–Crippen MR) is 78.3 cm³/mol. The number of rotatable bonds is 5. The minimum Gasteiger partial charge on any atom is -0.337 e. The van der Waals surface area contributed by atoms with E-state index in [1.165, 1.54) is 12.8 Å². The molecule has 2 heterocycles. The average Bonchev–Trinajstić information content (AvgIpc) is 2.82. The molecule has 2 saturated heterocycles. The Morgan fingerprint density at radius 3 is 2.75 bits per heavy atom. The lowest BCUT2D eigenvalue weighted by atomic mass is 10.0. The first-order valence-electron chi connectivity index (χ1n) is 7.88. The van der Waals surface area contributed by atoms with Crippen molar-refractivity contribution < 1.29 is 9.59 Å². The molecule has 1 N–H and O–H groups in total. The van der Waals surface area contributed by atoms with Crippen LogP contribution in [0.5, 0.6) is 0 Å². The van der Waals surface area contributed by atoms with Crippen molar-refractivity contribution in [1.29, 1.82) is 0 Å². The van der Waals surface area contributed by atoms with Crippen LogP contribution in [0.4, 0.5) is 0 Å². The highest BCUT2D eigenvalue weighted by Gasteiger charge is 2.27. The molecule has 2 aliphatic heterocycles. The minimum absolute atomic E-state index is 0.0858. The van der Waals surface area contributed by atoms with Gasteiger partial charge in [-0.25, -0.2) is 0 Å². The van der Waals surface area contributed by atoms with Gasteiger partial charge in [-0.2, -0.15) is 0 Å². The molecule has 2 aliphatic rings. The van der Waals surface area contributed by atoms with Gasteiger partial charge in [0.05, 0.1) is 6.54 Å². The van der Waals surface area contributed by atoms with Crippen LogP contribution in [0.1, 0.15) is 46.0 Å². The second kappa shape index (κ2) is 7.07. The van der Waals surface area contributed by atoms with Crippen LogP contribution in [0.3, 0.4) is 0 Å². The van der Waals surface area contributed by atoms with Crippen molar-refractivity contribution in [1.82, 2.24) is 15.1 Å². The van der Waals surface area contributed by atoms with Gasteiger partial charge in [-0.3, -0.25) is 9.59 Å². The van der Waals surface area contributed by atoms with E-state index >= 15 is 0 Å². The van der Waals surface area contributed by atoms with Crippen LogP contribution in [0.15, 0.2) is 0 Å². The molecule has 2 rings (SSSR count). The van der Waals surface area contributed by atoms with Crippen LogP contribution < -0.4 is 5.32 Å². The summed E-state index contributed by atoms with van der Waals surface area (Å²) in [5, 5.41) is 3.49. The Morgan fingerprint density at radius 2 is 2.20 bits per heavy atom. The van der Waals surface area contributed by atoms with Gasteiger partial charge in [0, 0.05) is 31.6 Å². The van der Waals surface area contributed by atoms with E-state index in [1.54, 1.807) is 4.90 Å². The lowest BCUT2D eigenvalue weighted by molar-refractivity contribution is -0.139. The van der Waals surface area contributed by atoms with E-state index in [9.17, 15) is 9.59 Å². The maximum atomic E-state index is 12.5. The quantitative estimate of drug-likeness (QED) is 0.817. The molecular formula is C15H27N3O2. The molecule has 0 aromatic carbocycles. The molecule has 0 aliphatic carbocycles. The van der Waals surface area contributed by atoms with Crippen molar-refractivity contribution in [2.24, 2.45) is 0 Å². The summed E-state index contributed by atoms with van der Waals surface area (Å²) in [6.07, 6.45) is 5.09. The van der Waals surface area contributed by atoms with E-state index in [4.69, 9.17) is 0 Å². The van der Waals surface area contributed by atoms with Crippen molar-refractivity contribution >= 4 is 11.8 Å². The van der Waals surface area contributed by atoms with Crippen molar-refractivity contribution in [3.63, 3.8) is 0 Å². The number of carbonyl (C=O) groups excluding carboxylic acids is 2. The number of hydrogen-bond acceptors (Lipinski definition) is 3. The second-order valence-corrected chi connectivity index (χ2v) is 6.21. The molecule has 20 heavy (non-hydrogen) atoms. The number of amides is 2. The maximum absolute atomic E-state index is 12.5. The van der Waals surface area contributed by atoms with E-state index in [0.29, 0.717) is 12.5 Å².